The van der Waals surface area contributed by atoms with E-state index in [4.69, 9.17) is 0 Å². The number of hydrogen-bond donors (Lipinski definition) is 1. The fourth-order valence-corrected chi connectivity index (χ4v) is 4.63. The van der Waals surface area contributed by atoms with Crippen molar-refractivity contribution in [3.05, 3.63) is 47.0 Å². The molecule has 0 unspecified atom stereocenters. The van der Waals surface area contributed by atoms with Gasteiger partial charge < -0.3 is 4.98 Å². The van der Waals surface area contributed by atoms with Crippen molar-refractivity contribution in [3.63, 3.8) is 0 Å². The minimum Gasteiger partial charge on any atom is -0.355 e. The van der Waals surface area contributed by atoms with Crippen molar-refractivity contribution >= 4 is 23.3 Å². The predicted molar refractivity (Wildman–Crippen MR) is 111 cm³/mol. The van der Waals surface area contributed by atoms with Crippen LogP contribution in [0, 0.1) is 13.8 Å². The second-order valence-corrected chi connectivity index (χ2v) is 8.76. The Kier molecular flexibility index (Phi) is 5.12. The molecule has 0 amide bonds. The summed E-state index contributed by atoms with van der Waals surface area (Å²) in [6.45, 7) is 7.03. The van der Waals surface area contributed by atoms with Crippen LogP contribution in [0.3, 0.4) is 0 Å². The predicted octanol–water partition coefficient (Wildman–Crippen LogP) is 4.19. The first-order chi connectivity index (χ1) is 13.9. The first-order valence-corrected chi connectivity index (χ1v) is 10.5. The molecule has 1 aliphatic rings. The van der Waals surface area contributed by atoms with E-state index in [0.29, 0.717) is 22.9 Å². The van der Waals surface area contributed by atoms with Crippen LogP contribution in [-0.4, -0.2) is 41.5 Å². The highest BCUT2D eigenvalue weighted by molar-refractivity contribution is 8.00. The highest BCUT2D eigenvalue weighted by atomic mass is 32.2. The second kappa shape index (κ2) is 7.59. The molecule has 3 aromatic rings. The Morgan fingerprint density at radius 1 is 1.28 bits per heavy atom. The van der Waals surface area contributed by atoms with E-state index >= 15 is 0 Å². The largest absolute Gasteiger partial charge is 0.355 e. The Labute approximate surface area is 173 Å². The maximum absolute atomic E-state index is 13.1. The van der Waals surface area contributed by atoms with Gasteiger partial charge in [-0.1, -0.05) is 11.8 Å². The van der Waals surface area contributed by atoms with E-state index < -0.39 is 0 Å². The molecule has 0 aliphatic heterocycles. The van der Waals surface area contributed by atoms with Crippen molar-refractivity contribution in [2.45, 2.75) is 57.0 Å². The smallest absolute Gasteiger partial charge is 0.192 e. The van der Waals surface area contributed by atoms with Gasteiger partial charge in [0.05, 0.1) is 10.9 Å². The lowest BCUT2D eigenvalue weighted by atomic mass is 10.0. The Bertz CT molecular complexity index is 1080. The molecule has 0 bridgehead atoms. The molecule has 29 heavy (non-hydrogen) atoms. The topological polar surface area (TPSA) is 93.5 Å². The van der Waals surface area contributed by atoms with E-state index in [2.05, 4.69) is 24.7 Å². The zero-order chi connectivity index (χ0) is 20.7. The third-order valence-electron chi connectivity index (χ3n) is 5.18. The highest BCUT2D eigenvalue weighted by Gasteiger charge is 2.32. The van der Waals surface area contributed by atoms with Crippen LogP contribution in [0.25, 0.3) is 11.4 Å². The summed E-state index contributed by atoms with van der Waals surface area (Å²) in [5.41, 5.74) is 3.46. The van der Waals surface area contributed by atoms with Crippen molar-refractivity contribution in [1.29, 1.82) is 0 Å². The zero-order valence-corrected chi connectivity index (χ0v) is 17.7. The van der Waals surface area contributed by atoms with Gasteiger partial charge in [-0.25, -0.2) is 0 Å². The summed E-state index contributed by atoms with van der Waals surface area (Å²) in [7, 11) is 0. The molecule has 8 heteroatoms. The molecule has 1 saturated carbocycles. The van der Waals surface area contributed by atoms with E-state index in [1.807, 2.05) is 32.9 Å². The Morgan fingerprint density at radius 2 is 2.03 bits per heavy atom. The molecule has 0 aromatic carbocycles. The van der Waals surface area contributed by atoms with Crippen LogP contribution in [0.1, 0.15) is 64.8 Å². The van der Waals surface area contributed by atoms with Gasteiger partial charge in [-0.3, -0.25) is 19.1 Å². The second-order valence-electron chi connectivity index (χ2n) is 7.45. The summed E-state index contributed by atoms with van der Waals surface area (Å²) < 4.78 is 2.12. The molecule has 1 aliphatic carbocycles. The molecule has 3 aromatic heterocycles. The van der Waals surface area contributed by atoms with Crippen molar-refractivity contribution in [1.82, 2.24) is 24.7 Å². The molecule has 1 N–H and O–H groups in total. The maximum Gasteiger partial charge on any atom is 0.192 e. The SMILES string of the molecule is CC(=O)c1c(C)[nH]c(C(=O)[C@@H](C)Sc2nnc(-c3cccnc3)n2C2CC2)c1C. The molecular weight excluding hydrogens is 386 g/mol. The minimum absolute atomic E-state index is 0.0369. The van der Waals surface area contributed by atoms with Gasteiger partial charge in [0.2, 0.25) is 0 Å². The third-order valence-corrected chi connectivity index (χ3v) is 6.24. The summed E-state index contributed by atoms with van der Waals surface area (Å²) in [5.74, 6) is 0.704. The van der Waals surface area contributed by atoms with Crippen LogP contribution in [0.2, 0.25) is 0 Å². The molecule has 150 valence electrons. The summed E-state index contributed by atoms with van der Waals surface area (Å²) in [6.07, 6.45) is 5.67. The number of nitrogens with zero attached hydrogens (tertiary/aromatic N) is 4. The quantitative estimate of drug-likeness (QED) is 0.465. The van der Waals surface area contributed by atoms with E-state index in [1.165, 1.54) is 18.7 Å². The van der Waals surface area contributed by atoms with Gasteiger partial charge in [-0.05, 0) is 58.2 Å². The van der Waals surface area contributed by atoms with Crippen LogP contribution in [0.4, 0.5) is 0 Å². The number of H-pyrrole nitrogens is 1. The lowest BCUT2D eigenvalue weighted by molar-refractivity contribution is 0.0988. The van der Waals surface area contributed by atoms with Gasteiger partial charge in [0.25, 0.3) is 0 Å². The molecular formula is C21H23N5O2S. The van der Waals surface area contributed by atoms with Crippen molar-refractivity contribution in [2.75, 3.05) is 0 Å². The number of thioether (sulfide) groups is 1. The molecule has 0 radical (unpaired) electrons. The first-order valence-electron chi connectivity index (χ1n) is 9.64. The fraction of sp³-hybridized carbons (Fsp3) is 0.381. The lowest BCUT2D eigenvalue weighted by Gasteiger charge is -2.12. The van der Waals surface area contributed by atoms with Gasteiger partial charge in [-0.2, -0.15) is 0 Å². The number of carbonyl (C=O) groups is 2. The number of pyridine rings is 1. The maximum atomic E-state index is 13.1. The third kappa shape index (κ3) is 3.64. The number of carbonyl (C=O) groups excluding carboxylic acids is 2. The van der Waals surface area contributed by atoms with Crippen molar-refractivity contribution < 1.29 is 9.59 Å². The van der Waals surface area contributed by atoms with Crippen LogP contribution in [0.5, 0.6) is 0 Å². The molecule has 7 nitrogen and oxygen atoms in total. The van der Waals surface area contributed by atoms with Crippen LogP contribution in [-0.2, 0) is 0 Å². The van der Waals surface area contributed by atoms with Gasteiger partial charge >= 0.3 is 0 Å². The van der Waals surface area contributed by atoms with E-state index in [-0.39, 0.29) is 16.8 Å². The number of aryl methyl sites for hydroxylation is 1. The number of Topliss-reactive ketones (excluding diaryl/α,β-unsaturated/α-hetero) is 2. The van der Waals surface area contributed by atoms with E-state index in [9.17, 15) is 9.59 Å². The van der Waals surface area contributed by atoms with Crippen LogP contribution < -0.4 is 0 Å². The standard InChI is InChI=1S/C21H23N5O2S/c1-11-17(13(3)27)12(2)23-18(11)19(28)14(4)29-21-25-24-20(26(21)16-7-8-16)15-6-5-9-22-10-15/h5-6,9-10,14,16,23H,7-8H2,1-4H3/t14-/m1/s1. The highest BCUT2D eigenvalue weighted by Crippen LogP contribution is 2.42. The average Bonchev–Trinajstić information content (AvgIpc) is 3.38. The number of aromatic nitrogens is 5. The Balaban J connectivity index is 1.62. The van der Waals surface area contributed by atoms with Gasteiger partial charge in [0.1, 0.15) is 0 Å². The molecule has 1 atom stereocenters. The first kappa shape index (κ1) is 19.6. The summed E-state index contributed by atoms with van der Waals surface area (Å²) in [4.78, 5) is 32.3. The summed E-state index contributed by atoms with van der Waals surface area (Å²) in [5, 5.41) is 9.13. The average molecular weight is 410 g/mol. The van der Waals surface area contributed by atoms with Crippen molar-refractivity contribution in [3.8, 4) is 11.4 Å². The number of rotatable bonds is 7. The van der Waals surface area contributed by atoms with Crippen molar-refractivity contribution in [2.24, 2.45) is 0 Å². The molecule has 0 saturated heterocycles. The van der Waals surface area contributed by atoms with Gasteiger partial charge in [0, 0.05) is 35.3 Å². The van der Waals surface area contributed by atoms with E-state index in [1.54, 1.807) is 12.4 Å². The fourth-order valence-electron chi connectivity index (χ4n) is 3.65. The lowest BCUT2D eigenvalue weighted by Crippen LogP contribution is -2.16. The minimum atomic E-state index is -0.366. The van der Waals surface area contributed by atoms with E-state index in [0.717, 1.165) is 35.1 Å². The summed E-state index contributed by atoms with van der Waals surface area (Å²) in [6, 6.07) is 4.21. The normalized spacial score (nSPS) is 14.8. The number of aromatic amines is 1. The molecule has 0 spiro atoms. The summed E-state index contributed by atoms with van der Waals surface area (Å²) >= 11 is 1.40. The number of nitrogens with one attached hydrogen (secondary N) is 1. The number of ketones is 2. The number of hydrogen-bond acceptors (Lipinski definition) is 6. The van der Waals surface area contributed by atoms with Gasteiger partial charge in [-0.15, -0.1) is 10.2 Å². The van der Waals surface area contributed by atoms with Crippen LogP contribution in [0.15, 0.2) is 29.7 Å². The zero-order valence-electron chi connectivity index (χ0n) is 16.9. The van der Waals surface area contributed by atoms with Crippen LogP contribution >= 0.6 is 11.8 Å². The van der Waals surface area contributed by atoms with Gasteiger partial charge in [0.15, 0.2) is 22.5 Å². The molecule has 3 heterocycles. The Morgan fingerprint density at radius 3 is 2.62 bits per heavy atom. The molecule has 4 rings (SSSR count). The monoisotopic (exact) mass is 409 g/mol. The Hall–Kier alpha value is -2.74. The molecule has 1 fully saturated rings.